The van der Waals surface area contributed by atoms with Crippen molar-refractivity contribution in [2.45, 2.75) is 25.9 Å². The Morgan fingerprint density at radius 3 is 2.80 bits per heavy atom. The summed E-state index contributed by atoms with van der Waals surface area (Å²) in [5.74, 6) is 1.80. The fraction of sp³-hybridized carbons (Fsp3) is 0.389. The Balaban J connectivity index is 1.45. The molecule has 132 valence electrons. The largest absolute Gasteiger partial charge is 0.459 e. The Hall–Kier alpha value is -2.83. The Bertz CT molecular complexity index is 775. The van der Waals surface area contributed by atoms with Crippen molar-refractivity contribution < 1.29 is 4.42 Å². The SMILES string of the molecule is CN=C(NCCCCn1cnnc1)N(C)Cc1cc2ccccc2o1. The zero-order valence-electron chi connectivity index (χ0n) is 14.7. The van der Waals surface area contributed by atoms with Crippen LogP contribution in [0.1, 0.15) is 18.6 Å². The fourth-order valence-corrected chi connectivity index (χ4v) is 2.77. The van der Waals surface area contributed by atoms with E-state index in [-0.39, 0.29) is 0 Å². The molecule has 0 unspecified atom stereocenters. The van der Waals surface area contributed by atoms with Gasteiger partial charge in [-0.25, -0.2) is 0 Å². The molecular weight excluding hydrogens is 316 g/mol. The maximum Gasteiger partial charge on any atom is 0.193 e. The van der Waals surface area contributed by atoms with Crippen LogP contribution >= 0.6 is 0 Å². The summed E-state index contributed by atoms with van der Waals surface area (Å²) < 4.78 is 7.87. The van der Waals surface area contributed by atoms with E-state index in [2.05, 4.69) is 37.5 Å². The first kappa shape index (κ1) is 17.0. The van der Waals surface area contributed by atoms with Crippen LogP contribution in [0.3, 0.4) is 0 Å². The molecule has 7 nitrogen and oxygen atoms in total. The van der Waals surface area contributed by atoms with Crippen LogP contribution in [0.15, 0.2) is 52.4 Å². The van der Waals surface area contributed by atoms with Crippen molar-refractivity contribution in [2.75, 3.05) is 20.6 Å². The number of hydrogen-bond donors (Lipinski definition) is 1. The monoisotopic (exact) mass is 340 g/mol. The molecule has 1 aromatic carbocycles. The number of aliphatic imine (C=N–C) groups is 1. The third kappa shape index (κ3) is 4.59. The molecule has 3 rings (SSSR count). The zero-order valence-corrected chi connectivity index (χ0v) is 14.7. The van der Waals surface area contributed by atoms with Crippen LogP contribution in [0, 0.1) is 0 Å². The number of furan rings is 1. The minimum absolute atomic E-state index is 0.676. The van der Waals surface area contributed by atoms with Gasteiger partial charge in [0.15, 0.2) is 5.96 Å². The number of guanidine groups is 1. The summed E-state index contributed by atoms with van der Waals surface area (Å²) in [4.78, 5) is 6.42. The number of aryl methyl sites for hydroxylation is 1. The van der Waals surface area contributed by atoms with Gasteiger partial charge in [-0.3, -0.25) is 4.99 Å². The first-order valence-corrected chi connectivity index (χ1v) is 8.48. The maximum atomic E-state index is 5.88. The summed E-state index contributed by atoms with van der Waals surface area (Å²) in [6, 6.07) is 10.1. The van der Waals surface area contributed by atoms with Gasteiger partial charge in [0.25, 0.3) is 0 Å². The molecule has 2 heterocycles. The average molecular weight is 340 g/mol. The van der Waals surface area contributed by atoms with Crippen molar-refractivity contribution in [1.29, 1.82) is 0 Å². The molecule has 25 heavy (non-hydrogen) atoms. The third-order valence-electron chi connectivity index (χ3n) is 4.04. The van der Waals surface area contributed by atoms with Gasteiger partial charge >= 0.3 is 0 Å². The molecule has 0 aliphatic carbocycles. The third-order valence-corrected chi connectivity index (χ3v) is 4.04. The van der Waals surface area contributed by atoms with Crippen molar-refractivity contribution >= 4 is 16.9 Å². The van der Waals surface area contributed by atoms with E-state index in [9.17, 15) is 0 Å². The van der Waals surface area contributed by atoms with Crippen LogP contribution < -0.4 is 5.32 Å². The number of nitrogens with one attached hydrogen (secondary N) is 1. The molecule has 0 atom stereocenters. The quantitative estimate of drug-likeness (QED) is 0.406. The van der Waals surface area contributed by atoms with Crippen LogP contribution in [0.4, 0.5) is 0 Å². The summed E-state index contributed by atoms with van der Waals surface area (Å²) in [5, 5.41) is 12.1. The molecule has 0 aliphatic heterocycles. The van der Waals surface area contributed by atoms with E-state index in [0.717, 1.165) is 48.6 Å². The van der Waals surface area contributed by atoms with Gasteiger partial charge in [-0.2, -0.15) is 0 Å². The number of unbranched alkanes of at least 4 members (excludes halogenated alkanes) is 1. The van der Waals surface area contributed by atoms with Gasteiger partial charge in [-0.15, -0.1) is 10.2 Å². The summed E-state index contributed by atoms with van der Waals surface area (Å²) in [6.07, 6.45) is 5.60. The maximum absolute atomic E-state index is 5.88. The van der Waals surface area contributed by atoms with Gasteiger partial charge in [0.1, 0.15) is 24.0 Å². The number of hydrogen-bond acceptors (Lipinski definition) is 4. The Morgan fingerprint density at radius 1 is 1.24 bits per heavy atom. The molecule has 1 N–H and O–H groups in total. The number of benzene rings is 1. The summed E-state index contributed by atoms with van der Waals surface area (Å²) in [6.45, 7) is 2.48. The number of fused-ring (bicyclic) bond motifs is 1. The summed E-state index contributed by atoms with van der Waals surface area (Å²) in [5.41, 5.74) is 0.919. The molecule has 0 bridgehead atoms. The fourth-order valence-electron chi connectivity index (χ4n) is 2.77. The van der Waals surface area contributed by atoms with Crippen LogP contribution in [0.2, 0.25) is 0 Å². The Morgan fingerprint density at radius 2 is 2.04 bits per heavy atom. The first-order chi connectivity index (χ1) is 12.3. The van der Waals surface area contributed by atoms with Crippen molar-refractivity contribution in [3.05, 3.63) is 48.7 Å². The molecule has 3 aromatic rings. The normalized spacial score (nSPS) is 11.8. The smallest absolute Gasteiger partial charge is 0.193 e. The molecule has 0 aliphatic rings. The van der Waals surface area contributed by atoms with Crippen molar-refractivity contribution in [3.63, 3.8) is 0 Å². The lowest BCUT2D eigenvalue weighted by Gasteiger charge is -2.21. The number of nitrogens with zero attached hydrogens (tertiary/aromatic N) is 5. The average Bonchev–Trinajstić information content (AvgIpc) is 3.26. The molecule has 0 saturated heterocycles. The lowest BCUT2D eigenvalue weighted by molar-refractivity contribution is 0.411. The molecule has 0 fully saturated rings. The highest BCUT2D eigenvalue weighted by atomic mass is 16.3. The highest BCUT2D eigenvalue weighted by Gasteiger charge is 2.10. The van der Waals surface area contributed by atoms with E-state index in [4.69, 9.17) is 4.42 Å². The minimum atomic E-state index is 0.676. The standard InChI is InChI=1S/C18H24N6O/c1-19-18(20-9-5-6-10-24-13-21-22-14-24)23(2)12-16-11-15-7-3-4-8-17(15)25-16/h3-4,7-8,11,13-14H,5-6,9-10,12H2,1-2H3,(H,19,20). The number of para-hydroxylation sites is 1. The number of aromatic nitrogens is 3. The number of rotatable bonds is 7. The Kier molecular flexibility index (Phi) is 5.66. The van der Waals surface area contributed by atoms with Crippen molar-refractivity contribution in [2.24, 2.45) is 4.99 Å². The van der Waals surface area contributed by atoms with Gasteiger partial charge in [0.05, 0.1) is 6.54 Å². The first-order valence-electron chi connectivity index (χ1n) is 8.48. The minimum Gasteiger partial charge on any atom is -0.459 e. The van der Waals surface area contributed by atoms with E-state index < -0.39 is 0 Å². The van der Waals surface area contributed by atoms with Crippen LogP contribution in [-0.2, 0) is 13.1 Å². The van der Waals surface area contributed by atoms with Crippen LogP contribution in [0.5, 0.6) is 0 Å². The van der Waals surface area contributed by atoms with Gasteiger partial charge in [0.2, 0.25) is 0 Å². The molecule has 0 radical (unpaired) electrons. The lowest BCUT2D eigenvalue weighted by atomic mass is 10.2. The Labute approximate surface area is 147 Å². The predicted molar refractivity (Wildman–Crippen MR) is 98.3 cm³/mol. The zero-order chi connectivity index (χ0) is 17.5. The van der Waals surface area contributed by atoms with Gasteiger partial charge in [-0.1, -0.05) is 18.2 Å². The highest BCUT2D eigenvalue weighted by Crippen LogP contribution is 2.19. The summed E-state index contributed by atoms with van der Waals surface area (Å²) in [7, 11) is 3.81. The second kappa shape index (κ2) is 8.32. The van der Waals surface area contributed by atoms with Crippen molar-refractivity contribution in [3.8, 4) is 0 Å². The van der Waals surface area contributed by atoms with Gasteiger partial charge in [0, 0.05) is 32.6 Å². The van der Waals surface area contributed by atoms with Crippen LogP contribution in [-0.4, -0.2) is 46.3 Å². The van der Waals surface area contributed by atoms with E-state index in [1.165, 1.54) is 0 Å². The van der Waals surface area contributed by atoms with E-state index in [1.54, 1.807) is 19.7 Å². The van der Waals surface area contributed by atoms with E-state index >= 15 is 0 Å². The van der Waals surface area contributed by atoms with Crippen molar-refractivity contribution in [1.82, 2.24) is 25.0 Å². The lowest BCUT2D eigenvalue weighted by Crippen LogP contribution is -2.38. The van der Waals surface area contributed by atoms with E-state index in [1.807, 2.05) is 29.8 Å². The molecule has 0 amide bonds. The van der Waals surface area contributed by atoms with Gasteiger partial charge < -0.3 is 19.2 Å². The molecule has 2 aromatic heterocycles. The molecule has 0 spiro atoms. The second-order valence-corrected chi connectivity index (χ2v) is 5.99. The molecule has 0 saturated carbocycles. The van der Waals surface area contributed by atoms with Gasteiger partial charge in [-0.05, 0) is 25.0 Å². The topological polar surface area (TPSA) is 71.5 Å². The highest BCUT2D eigenvalue weighted by molar-refractivity contribution is 5.80. The molecule has 7 heteroatoms. The van der Waals surface area contributed by atoms with E-state index in [0.29, 0.717) is 6.54 Å². The second-order valence-electron chi connectivity index (χ2n) is 5.99. The molecular formula is C18H24N6O. The predicted octanol–water partition coefficient (Wildman–Crippen LogP) is 2.51. The summed E-state index contributed by atoms with van der Waals surface area (Å²) >= 11 is 0. The van der Waals surface area contributed by atoms with Crippen LogP contribution in [0.25, 0.3) is 11.0 Å².